The van der Waals surface area contributed by atoms with Crippen LogP contribution in [0.2, 0.25) is 0 Å². The molecule has 1 heterocycles. The molecule has 0 aliphatic carbocycles. The Morgan fingerprint density at radius 3 is 2.12 bits per heavy atom. The molecule has 2 N–H and O–H groups in total. The van der Waals surface area contributed by atoms with Gasteiger partial charge in [0.15, 0.2) is 0 Å². The predicted octanol–water partition coefficient (Wildman–Crippen LogP) is -0.177. The number of carbonyl (C=O) groups is 2. The minimum atomic E-state index is -3.65. The van der Waals surface area contributed by atoms with Crippen molar-refractivity contribution >= 4 is 27.5 Å². The van der Waals surface area contributed by atoms with Crippen molar-refractivity contribution < 1.29 is 18.0 Å². The number of anilines is 1. The number of hydrogen-bond donors (Lipinski definition) is 1. The summed E-state index contributed by atoms with van der Waals surface area (Å²) >= 11 is 0. The topological polar surface area (TPSA) is 104 Å². The van der Waals surface area contributed by atoms with Gasteiger partial charge in [-0.1, -0.05) is 0 Å². The Morgan fingerprint density at radius 1 is 1.08 bits per heavy atom. The molecule has 0 bridgehead atoms. The monoisotopic (exact) mass is 354 g/mol. The highest BCUT2D eigenvalue weighted by atomic mass is 32.2. The number of nitrogen functional groups attached to an aromatic ring is 1. The summed E-state index contributed by atoms with van der Waals surface area (Å²) in [6.07, 6.45) is 0. The summed E-state index contributed by atoms with van der Waals surface area (Å²) in [5.74, 6) is -0.354. The molecule has 2 amide bonds. The second kappa shape index (κ2) is 6.78. The molecule has 9 heteroatoms. The van der Waals surface area contributed by atoms with Gasteiger partial charge in [-0.25, -0.2) is 12.7 Å². The van der Waals surface area contributed by atoms with E-state index >= 15 is 0 Å². The van der Waals surface area contributed by atoms with E-state index in [1.165, 1.54) is 39.2 Å². The van der Waals surface area contributed by atoms with E-state index in [1.807, 2.05) is 0 Å². The van der Waals surface area contributed by atoms with Crippen LogP contribution < -0.4 is 5.73 Å². The molecule has 0 atom stereocenters. The van der Waals surface area contributed by atoms with Gasteiger partial charge in [-0.2, -0.15) is 0 Å². The van der Waals surface area contributed by atoms with Gasteiger partial charge in [0.1, 0.15) is 0 Å². The fourth-order valence-corrected chi connectivity index (χ4v) is 3.42. The number of amides is 2. The largest absolute Gasteiger partial charge is 0.398 e. The van der Waals surface area contributed by atoms with Crippen molar-refractivity contribution in [2.75, 3.05) is 46.0 Å². The number of benzene rings is 1. The fraction of sp³-hybridized carbons (Fsp3) is 0.467. The molecule has 1 aliphatic heterocycles. The lowest BCUT2D eigenvalue weighted by atomic mass is 10.1. The van der Waals surface area contributed by atoms with E-state index in [0.29, 0.717) is 26.2 Å². The number of nitrogens with zero attached hydrogens (tertiary/aromatic N) is 3. The lowest BCUT2D eigenvalue weighted by Gasteiger charge is -2.34. The van der Waals surface area contributed by atoms with Gasteiger partial charge in [-0.3, -0.25) is 9.59 Å². The summed E-state index contributed by atoms with van der Waals surface area (Å²) in [6, 6.07) is 4.12. The van der Waals surface area contributed by atoms with Crippen molar-refractivity contribution in [1.29, 1.82) is 0 Å². The zero-order valence-corrected chi connectivity index (χ0v) is 14.8. The van der Waals surface area contributed by atoms with Gasteiger partial charge in [-0.15, -0.1) is 0 Å². The number of piperazine rings is 1. The summed E-state index contributed by atoms with van der Waals surface area (Å²) in [4.78, 5) is 27.3. The maximum absolute atomic E-state index is 12.7. The molecular weight excluding hydrogens is 332 g/mol. The zero-order chi connectivity index (χ0) is 18.1. The van der Waals surface area contributed by atoms with Crippen LogP contribution in [0.5, 0.6) is 0 Å². The van der Waals surface area contributed by atoms with Gasteiger partial charge in [0.2, 0.25) is 15.9 Å². The normalized spacial score (nSPS) is 15.7. The van der Waals surface area contributed by atoms with E-state index < -0.39 is 10.0 Å². The van der Waals surface area contributed by atoms with Gasteiger partial charge < -0.3 is 15.5 Å². The molecule has 24 heavy (non-hydrogen) atoms. The van der Waals surface area contributed by atoms with Gasteiger partial charge in [0, 0.05) is 52.9 Å². The van der Waals surface area contributed by atoms with Crippen LogP contribution in [0.4, 0.5) is 5.69 Å². The van der Waals surface area contributed by atoms with Crippen molar-refractivity contribution in [1.82, 2.24) is 14.1 Å². The number of hydrogen-bond acceptors (Lipinski definition) is 5. The van der Waals surface area contributed by atoms with E-state index in [-0.39, 0.29) is 28.0 Å². The lowest BCUT2D eigenvalue weighted by Crippen LogP contribution is -2.50. The fourth-order valence-electron chi connectivity index (χ4n) is 2.49. The first-order valence-electron chi connectivity index (χ1n) is 7.51. The van der Waals surface area contributed by atoms with E-state index in [1.54, 1.807) is 9.80 Å². The molecule has 1 aliphatic rings. The average molecular weight is 354 g/mol. The minimum Gasteiger partial charge on any atom is -0.398 e. The SMILES string of the molecule is CC(=O)N1CCN(C(=O)c2cc(S(=O)(=O)N(C)C)ccc2N)CC1. The first kappa shape index (κ1) is 18.2. The summed E-state index contributed by atoms with van der Waals surface area (Å²) < 4.78 is 25.5. The standard InChI is InChI=1S/C15H22N4O4S/c1-11(20)18-6-8-19(9-7-18)15(21)13-10-12(4-5-14(13)16)24(22,23)17(2)3/h4-5,10H,6-9,16H2,1-3H3. The molecular formula is C15H22N4O4S. The van der Waals surface area contributed by atoms with Gasteiger partial charge in [0.25, 0.3) is 5.91 Å². The van der Waals surface area contributed by atoms with Crippen LogP contribution in [0.3, 0.4) is 0 Å². The van der Waals surface area contributed by atoms with Crippen LogP contribution in [0.15, 0.2) is 23.1 Å². The maximum Gasteiger partial charge on any atom is 0.256 e. The Morgan fingerprint density at radius 2 is 1.62 bits per heavy atom. The second-order valence-corrected chi connectivity index (χ2v) is 7.99. The third kappa shape index (κ3) is 3.51. The second-order valence-electron chi connectivity index (χ2n) is 5.83. The average Bonchev–Trinajstić information content (AvgIpc) is 2.54. The minimum absolute atomic E-state index is 0.0208. The molecule has 1 aromatic rings. The van der Waals surface area contributed by atoms with Crippen LogP contribution in [0, 0.1) is 0 Å². The first-order chi connectivity index (χ1) is 11.1. The molecule has 1 aromatic carbocycles. The predicted molar refractivity (Wildman–Crippen MR) is 89.9 cm³/mol. The van der Waals surface area contributed by atoms with E-state index in [4.69, 9.17) is 5.73 Å². The third-order valence-corrected chi connectivity index (χ3v) is 5.86. The zero-order valence-electron chi connectivity index (χ0n) is 14.0. The summed E-state index contributed by atoms with van der Waals surface area (Å²) in [5.41, 5.74) is 6.26. The van der Waals surface area contributed by atoms with Gasteiger partial charge >= 0.3 is 0 Å². The van der Waals surface area contributed by atoms with E-state index in [0.717, 1.165) is 4.31 Å². The Hall–Kier alpha value is -2.13. The smallest absolute Gasteiger partial charge is 0.256 e. The van der Waals surface area contributed by atoms with Crippen molar-refractivity contribution in [3.63, 3.8) is 0 Å². The Kier molecular flexibility index (Phi) is 5.14. The quantitative estimate of drug-likeness (QED) is 0.759. The highest BCUT2D eigenvalue weighted by molar-refractivity contribution is 7.89. The number of sulfonamides is 1. The number of rotatable bonds is 3. The lowest BCUT2D eigenvalue weighted by molar-refractivity contribution is -0.130. The Bertz CT molecular complexity index is 753. The van der Waals surface area contributed by atoms with Crippen LogP contribution >= 0.6 is 0 Å². The molecule has 0 unspecified atom stereocenters. The highest BCUT2D eigenvalue weighted by Gasteiger charge is 2.26. The van der Waals surface area contributed by atoms with Crippen LogP contribution in [0.25, 0.3) is 0 Å². The first-order valence-corrected chi connectivity index (χ1v) is 8.95. The molecule has 1 fully saturated rings. The number of nitrogens with two attached hydrogens (primary N) is 1. The Balaban J connectivity index is 2.26. The molecule has 8 nitrogen and oxygen atoms in total. The van der Waals surface area contributed by atoms with Crippen LogP contribution in [-0.2, 0) is 14.8 Å². The van der Waals surface area contributed by atoms with Crippen LogP contribution in [-0.4, -0.2) is 74.6 Å². The third-order valence-electron chi connectivity index (χ3n) is 4.05. The molecule has 0 radical (unpaired) electrons. The molecule has 1 saturated heterocycles. The van der Waals surface area contributed by atoms with Gasteiger partial charge in [-0.05, 0) is 18.2 Å². The highest BCUT2D eigenvalue weighted by Crippen LogP contribution is 2.22. The number of carbonyl (C=O) groups excluding carboxylic acids is 2. The van der Waals surface area contributed by atoms with Crippen molar-refractivity contribution in [3.8, 4) is 0 Å². The Labute approximate surface area is 141 Å². The molecule has 2 rings (SSSR count). The van der Waals surface area contributed by atoms with Crippen molar-refractivity contribution in [2.45, 2.75) is 11.8 Å². The summed E-state index contributed by atoms with van der Waals surface area (Å²) in [7, 11) is -0.797. The van der Waals surface area contributed by atoms with Crippen molar-refractivity contribution in [3.05, 3.63) is 23.8 Å². The van der Waals surface area contributed by atoms with E-state index in [2.05, 4.69) is 0 Å². The molecule has 0 aromatic heterocycles. The molecule has 132 valence electrons. The van der Waals surface area contributed by atoms with E-state index in [9.17, 15) is 18.0 Å². The van der Waals surface area contributed by atoms with Crippen LogP contribution in [0.1, 0.15) is 17.3 Å². The molecule has 0 spiro atoms. The van der Waals surface area contributed by atoms with Gasteiger partial charge in [0.05, 0.1) is 10.5 Å². The molecule has 0 saturated carbocycles. The summed E-state index contributed by atoms with van der Waals surface area (Å²) in [6.45, 7) is 3.18. The maximum atomic E-state index is 12.7. The summed E-state index contributed by atoms with van der Waals surface area (Å²) in [5, 5.41) is 0. The van der Waals surface area contributed by atoms with Crippen molar-refractivity contribution in [2.24, 2.45) is 0 Å².